The van der Waals surface area contributed by atoms with Crippen LogP contribution in [0.3, 0.4) is 0 Å². The van der Waals surface area contributed by atoms with E-state index >= 15 is 0 Å². The number of furan rings is 1. The monoisotopic (exact) mass is 372 g/mol. The maximum Gasteiger partial charge on any atom is 0.336 e. The van der Waals surface area contributed by atoms with Gasteiger partial charge >= 0.3 is 5.63 Å². The Hall–Kier alpha value is -2.57. The van der Waals surface area contributed by atoms with E-state index < -0.39 is 17.3 Å². The largest absolute Gasteiger partial charge is 0.488 e. The predicted molar refractivity (Wildman–Crippen MR) is 103 cm³/mol. The van der Waals surface area contributed by atoms with Gasteiger partial charge in [-0.1, -0.05) is 5.57 Å². The molecule has 144 valence electrons. The van der Waals surface area contributed by atoms with Crippen LogP contribution in [-0.2, 0) is 0 Å². The summed E-state index contributed by atoms with van der Waals surface area (Å²) < 4.78 is 16.6. The fourth-order valence-electron chi connectivity index (χ4n) is 2.85. The van der Waals surface area contributed by atoms with E-state index in [2.05, 4.69) is 0 Å². The van der Waals surface area contributed by atoms with E-state index in [4.69, 9.17) is 13.6 Å². The molecule has 27 heavy (non-hydrogen) atoms. The van der Waals surface area contributed by atoms with Crippen LogP contribution in [-0.4, -0.2) is 28.5 Å². The van der Waals surface area contributed by atoms with Crippen molar-refractivity contribution in [3.8, 4) is 5.75 Å². The maximum absolute atomic E-state index is 11.5. The summed E-state index contributed by atoms with van der Waals surface area (Å²) >= 11 is 0. The topological polar surface area (TPSA) is 93.0 Å². The Labute approximate surface area is 156 Å². The Morgan fingerprint density at radius 3 is 2.74 bits per heavy atom. The zero-order valence-corrected chi connectivity index (χ0v) is 15.7. The first-order chi connectivity index (χ1) is 12.8. The molecule has 0 aliphatic carbocycles. The summed E-state index contributed by atoms with van der Waals surface area (Å²) in [6, 6.07) is 6.53. The van der Waals surface area contributed by atoms with Crippen LogP contribution < -0.4 is 10.4 Å². The van der Waals surface area contributed by atoms with E-state index in [1.54, 1.807) is 32.2 Å². The lowest BCUT2D eigenvalue weighted by atomic mass is 9.96. The minimum Gasteiger partial charge on any atom is -0.488 e. The van der Waals surface area contributed by atoms with Crippen LogP contribution in [0.1, 0.15) is 33.6 Å². The molecule has 2 aromatic heterocycles. The molecule has 0 aliphatic heterocycles. The zero-order chi connectivity index (χ0) is 19.6. The predicted octanol–water partition coefficient (Wildman–Crippen LogP) is 3.78. The first kappa shape index (κ1) is 19.2. The Balaban J connectivity index is 1.76. The fraction of sp³-hybridized carbons (Fsp3) is 0.381. The van der Waals surface area contributed by atoms with Crippen LogP contribution in [0.2, 0.25) is 0 Å². The number of hydrogen-bond acceptors (Lipinski definition) is 6. The highest BCUT2D eigenvalue weighted by Gasteiger charge is 2.23. The van der Waals surface area contributed by atoms with E-state index in [-0.39, 0.29) is 0 Å². The molecule has 0 saturated heterocycles. The second kappa shape index (κ2) is 7.58. The summed E-state index contributed by atoms with van der Waals surface area (Å²) in [5.41, 5.74) is 0.500. The molecular formula is C21H24O6. The van der Waals surface area contributed by atoms with Crippen molar-refractivity contribution in [3.05, 3.63) is 52.6 Å². The minimum atomic E-state index is -1.11. The van der Waals surface area contributed by atoms with Crippen molar-refractivity contribution in [1.82, 2.24) is 0 Å². The van der Waals surface area contributed by atoms with Gasteiger partial charge in [-0.3, -0.25) is 0 Å². The number of fused-ring (bicyclic) bond motifs is 2. The van der Waals surface area contributed by atoms with Gasteiger partial charge in [0.1, 0.15) is 23.5 Å². The van der Waals surface area contributed by atoms with Crippen LogP contribution in [0.25, 0.3) is 21.9 Å². The quantitative estimate of drug-likeness (QED) is 0.484. The van der Waals surface area contributed by atoms with Gasteiger partial charge in [-0.25, -0.2) is 4.79 Å². The lowest BCUT2D eigenvalue weighted by Crippen LogP contribution is -2.35. The average molecular weight is 372 g/mol. The van der Waals surface area contributed by atoms with Gasteiger partial charge in [0.2, 0.25) is 0 Å². The molecule has 0 spiro atoms. The minimum absolute atomic E-state index is 0.322. The van der Waals surface area contributed by atoms with Crippen LogP contribution in [0, 0.1) is 0 Å². The van der Waals surface area contributed by atoms with Crippen molar-refractivity contribution < 1.29 is 23.8 Å². The molecule has 3 aromatic rings. The smallest absolute Gasteiger partial charge is 0.336 e. The first-order valence-electron chi connectivity index (χ1n) is 8.88. The van der Waals surface area contributed by atoms with Crippen LogP contribution >= 0.6 is 0 Å². The molecule has 0 bridgehead atoms. The summed E-state index contributed by atoms with van der Waals surface area (Å²) in [6.45, 7) is 5.46. The molecule has 6 heteroatoms. The van der Waals surface area contributed by atoms with Crippen LogP contribution in [0.15, 0.2) is 55.8 Å². The molecule has 0 fully saturated rings. The molecule has 6 nitrogen and oxygen atoms in total. The molecule has 0 saturated carbocycles. The van der Waals surface area contributed by atoms with E-state index in [1.807, 2.05) is 19.1 Å². The van der Waals surface area contributed by atoms with Crippen molar-refractivity contribution in [2.75, 3.05) is 6.61 Å². The van der Waals surface area contributed by atoms with Gasteiger partial charge in [-0.15, -0.1) is 0 Å². The number of allylic oxidation sites excluding steroid dienone is 1. The average Bonchev–Trinajstić information content (AvgIpc) is 3.06. The maximum atomic E-state index is 11.5. The second-order valence-corrected chi connectivity index (χ2v) is 7.27. The molecule has 0 radical (unpaired) electrons. The van der Waals surface area contributed by atoms with Gasteiger partial charge in [0.15, 0.2) is 0 Å². The van der Waals surface area contributed by atoms with Crippen LogP contribution in [0.5, 0.6) is 5.75 Å². The van der Waals surface area contributed by atoms with E-state index in [1.165, 1.54) is 6.07 Å². The van der Waals surface area contributed by atoms with Gasteiger partial charge in [0.25, 0.3) is 0 Å². The molecule has 2 heterocycles. The number of ether oxygens (including phenoxy) is 1. The highest BCUT2D eigenvalue weighted by Crippen LogP contribution is 2.35. The van der Waals surface area contributed by atoms with Gasteiger partial charge < -0.3 is 23.8 Å². The van der Waals surface area contributed by atoms with Crippen molar-refractivity contribution in [2.45, 2.75) is 45.3 Å². The molecule has 1 aromatic carbocycles. The molecule has 1 unspecified atom stereocenters. The standard InChI is InChI=1S/C21H24O6/c1-13(4-6-18(22)21(2,3)24)8-10-26-20-14-5-7-19(23)27-17(14)12-16-15(20)9-11-25-16/h5,7-9,11-12,18,22,24H,4,6,10H2,1-3H3. The Morgan fingerprint density at radius 1 is 1.26 bits per heavy atom. The zero-order valence-electron chi connectivity index (χ0n) is 15.7. The highest BCUT2D eigenvalue weighted by atomic mass is 16.5. The third kappa shape index (κ3) is 4.40. The van der Waals surface area contributed by atoms with E-state index in [0.29, 0.717) is 41.8 Å². The summed E-state index contributed by atoms with van der Waals surface area (Å²) in [6.07, 6.45) is 3.83. The second-order valence-electron chi connectivity index (χ2n) is 7.27. The molecule has 0 aliphatic rings. The molecule has 0 amide bonds. The van der Waals surface area contributed by atoms with Crippen LogP contribution in [0.4, 0.5) is 0 Å². The van der Waals surface area contributed by atoms with E-state index in [0.717, 1.165) is 11.0 Å². The lowest BCUT2D eigenvalue weighted by molar-refractivity contribution is -0.0509. The van der Waals surface area contributed by atoms with Crippen molar-refractivity contribution >= 4 is 21.9 Å². The Kier molecular flexibility index (Phi) is 5.39. The number of benzene rings is 1. The third-order valence-electron chi connectivity index (χ3n) is 4.60. The Bertz CT molecular complexity index is 1020. The van der Waals surface area contributed by atoms with Gasteiger partial charge in [-0.2, -0.15) is 0 Å². The van der Waals surface area contributed by atoms with Gasteiger partial charge in [0.05, 0.1) is 28.7 Å². The highest BCUT2D eigenvalue weighted by molar-refractivity contribution is 6.01. The number of aliphatic hydroxyl groups excluding tert-OH is 1. The molecular weight excluding hydrogens is 348 g/mol. The summed E-state index contributed by atoms with van der Waals surface area (Å²) in [7, 11) is 0. The summed E-state index contributed by atoms with van der Waals surface area (Å²) in [5, 5.41) is 21.2. The van der Waals surface area contributed by atoms with Gasteiger partial charge in [0, 0.05) is 12.1 Å². The SMILES string of the molecule is CC(=CCOc1c2ccoc2cc2oc(=O)ccc12)CCC(O)C(C)(C)O. The lowest BCUT2D eigenvalue weighted by Gasteiger charge is -2.24. The van der Waals surface area contributed by atoms with E-state index in [9.17, 15) is 15.0 Å². The Morgan fingerprint density at radius 2 is 2.00 bits per heavy atom. The first-order valence-corrected chi connectivity index (χ1v) is 8.88. The van der Waals surface area contributed by atoms with Crippen molar-refractivity contribution in [2.24, 2.45) is 0 Å². The number of hydrogen-bond donors (Lipinski definition) is 2. The van der Waals surface area contributed by atoms with Crippen molar-refractivity contribution in [1.29, 1.82) is 0 Å². The molecule has 2 N–H and O–H groups in total. The third-order valence-corrected chi connectivity index (χ3v) is 4.60. The molecule has 3 rings (SSSR count). The van der Waals surface area contributed by atoms with Crippen molar-refractivity contribution in [3.63, 3.8) is 0 Å². The number of aliphatic hydroxyl groups is 2. The summed E-state index contributed by atoms with van der Waals surface area (Å²) in [4.78, 5) is 11.5. The summed E-state index contributed by atoms with van der Waals surface area (Å²) in [5.74, 6) is 0.598. The fourth-order valence-corrected chi connectivity index (χ4v) is 2.85. The normalized spacial score (nSPS) is 14.0. The number of rotatable bonds is 7. The van der Waals surface area contributed by atoms with Gasteiger partial charge in [-0.05, 0) is 51.8 Å². The molecule has 1 atom stereocenters.